The van der Waals surface area contributed by atoms with Crippen LogP contribution in [0.2, 0.25) is 5.02 Å². The highest BCUT2D eigenvalue weighted by Gasteiger charge is 2.60. The van der Waals surface area contributed by atoms with Gasteiger partial charge in [-0.1, -0.05) is 49.8 Å². The lowest BCUT2D eigenvalue weighted by Gasteiger charge is -2.14. The molecule has 1 aromatic rings. The van der Waals surface area contributed by atoms with Crippen molar-refractivity contribution in [1.82, 2.24) is 5.32 Å². The van der Waals surface area contributed by atoms with Gasteiger partial charge >= 0.3 is 0 Å². The van der Waals surface area contributed by atoms with Gasteiger partial charge in [0.05, 0.1) is 12.7 Å². The van der Waals surface area contributed by atoms with Gasteiger partial charge in [-0.2, -0.15) is 0 Å². The summed E-state index contributed by atoms with van der Waals surface area (Å²) in [6.07, 6.45) is 9.66. The first-order valence-electron chi connectivity index (χ1n) is 7.93. The van der Waals surface area contributed by atoms with E-state index in [2.05, 4.69) is 43.5 Å². The van der Waals surface area contributed by atoms with Crippen LogP contribution in [-0.2, 0) is 0 Å². The number of carbonyl (C=O) groups is 1. The van der Waals surface area contributed by atoms with E-state index in [-0.39, 0.29) is 17.4 Å². The van der Waals surface area contributed by atoms with Crippen LogP contribution in [0.4, 0.5) is 0 Å². The van der Waals surface area contributed by atoms with Crippen molar-refractivity contribution in [3.63, 3.8) is 0 Å². The molecule has 1 unspecified atom stereocenters. The van der Waals surface area contributed by atoms with Gasteiger partial charge in [0.1, 0.15) is 5.75 Å². The van der Waals surface area contributed by atoms with Gasteiger partial charge in [-0.05, 0) is 41.9 Å². The molecule has 0 aromatic heterocycles. The summed E-state index contributed by atoms with van der Waals surface area (Å²) in [6.45, 7) is 4.42. The van der Waals surface area contributed by atoms with Crippen LogP contribution < -0.4 is 10.1 Å². The number of ether oxygens (including phenoxy) is 1. The van der Waals surface area contributed by atoms with E-state index in [4.69, 9.17) is 16.3 Å². The largest absolute Gasteiger partial charge is 0.496 e. The second kappa shape index (κ2) is 6.04. The SMILES string of the molecule is COc1ccc(Cl)cc1C(=O)N[C@H]1[C@H](C2C=CC=CC2)C1(C)C. The molecule has 1 N–H and O–H groups in total. The van der Waals surface area contributed by atoms with Crippen molar-refractivity contribution in [2.75, 3.05) is 7.11 Å². The molecule has 3 nitrogen and oxygen atoms in total. The van der Waals surface area contributed by atoms with E-state index >= 15 is 0 Å². The fourth-order valence-corrected chi connectivity index (χ4v) is 3.87. The average Bonchev–Trinajstić information content (AvgIpc) is 3.08. The lowest BCUT2D eigenvalue weighted by Crippen LogP contribution is -2.29. The van der Waals surface area contributed by atoms with E-state index < -0.39 is 0 Å². The zero-order chi connectivity index (χ0) is 16.6. The predicted molar refractivity (Wildman–Crippen MR) is 92.9 cm³/mol. The first kappa shape index (κ1) is 16.1. The van der Waals surface area contributed by atoms with Gasteiger partial charge in [0, 0.05) is 11.1 Å². The standard InChI is InChI=1S/C19H22ClNO2/c1-19(2)16(12-7-5-4-6-8-12)17(19)21-18(22)14-11-13(20)9-10-15(14)23-3/h4-7,9-12,16-17H,8H2,1-3H3,(H,21,22)/t12?,16-,17-/m0/s1. The third-order valence-electron chi connectivity index (χ3n) is 5.08. The van der Waals surface area contributed by atoms with Crippen LogP contribution in [0.1, 0.15) is 30.6 Å². The molecule has 1 saturated carbocycles. The molecule has 4 heteroatoms. The Balaban J connectivity index is 1.75. The molecule has 23 heavy (non-hydrogen) atoms. The Kier molecular flexibility index (Phi) is 4.24. The van der Waals surface area contributed by atoms with Crippen molar-refractivity contribution in [3.8, 4) is 5.75 Å². The molecule has 2 aliphatic rings. The molecule has 1 fully saturated rings. The molecule has 3 atom stereocenters. The number of amides is 1. The van der Waals surface area contributed by atoms with Crippen LogP contribution in [0.3, 0.4) is 0 Å². The minimum atomic E-state index is -0.125. The molecule has 0 spiro atoms. The maximum atomic E-state index is 12.7. The second-order valence-corrected chi connectivity index (χ2v) is 7.29. The fraction of sp³-hybridized carbons (Fsp3) is 0.421. The maximum absolute atomic E-state index is 12.7. The van der Waals surface area contributed by atoms with E-state index in [0.29, 0.717) is 28.2 Å². The van der Waals surface area contributed by atoms with Gasteiger partial charge < -0.3 is 10.1 Å². The van der Waals surface area contributed by atoms with Crippen molar-refractivity contribution in [2.45, 2.75) is 26.3 Å². The summed E-state index contributed by atoms with van der Waals surface area (Å²) in [4.78, 5) is 12.7. The van der Waals surface area contributed by atoms with Crippen LogP contribution in [-0.4, -0.2) is 19.1 Å². The normalized spacial score (nSPS) is 27.6. The summed E-state index contributed by atoms with van der Waals surface area (Å²) < 4.78 is 5.28. The minimum absolute atomic E-state index is 0.0989. The quantitative estimate of drug-likeness (QED) is 0.896. The molecule has 3 rings (SSSR count). The smallest absolute Gasteiger partial charge is 0.255 e. The molecule has 0 aliphatic heterocycles. The highest BCUT2D eigenvalue weighted by Crippen LogP contribution is 2.57. The van der Waals surface area contributed by atoms with Crippen LogP contribution in [0.5, 0.6) is 5.75 Å². The average molecular weight is 332 g/mol. The van der Waals surface area contributed by atoms with Gasteiger partial charge in [0.15, 0.2) is 0 Å². The molecule has 1 aromatic carbocycles. The van der Waals surface area contributed by atoms with Crippen molar-refractivity contribution >= 4 is 17.5 Å². The van der Waals surface area contributed by atoms with E-state index in [1.165, 1.54) is 0 Å². The van der Waals surface area contributed by atoms with Gasteiger partial charge in [-0.15, -0.1) is 0 Å². The Hall–Kier alpha value is -1.74. The van der Waals surface area contributed by atoms with Crippen molar-refractivity contribution in [1.29, 1.82) is 0 Å². The molecule has 0 heterocycles. The van der Waals surface area contributed by atoms with Gasteiger partial charge in [0.2, 0.25) is 0 Å². The third-order valence-corrected chi connectivity index (χ3v) is 5.31. The number of rotatable bonds is 4. The number of halogens is 1. The summed E-state index contributed by atoms with van der Waals surface area (Å²) >= 11 is 6.02. The third kappa shape index (κ3) is 3.02. The maximum Gasteiger partial charge on any atom is 0.255 e. The highest BCUT2D eigenvalue weighted by atomic mass is 35.5. The number of hydrogen-bond acceptors (Lipinski definition) is 2. The monoisotopic (exact) mass is 331 g/mol. The Bertz CT molecular complexity index is 678. The number of hydrogen-bond donors (Lipinski definition) is 1. The molecule has 0 saturated heterocycles. The van der Waals surface area contributed by atoms with Gasteiger partial charge in [-0.3, -0.25) is 4.79 Å². The molecule has 122 valence electrons. The first-order chi connectivity index (χ1) is 10.9. The van der Waals surface area contributed by atoms with E-state index in [1.807, 2.05) is 0 Å². The molecular formula is C19H22ClNO2. The molecule has 1 amide bonds. The molecule has 2 aliphatic carbocycles. The van der Waals surface area contributed by atoms with Gasteiger partial charge in [0.25, 0.3) is 5.91 Å². The molecule has 0 bridgehead atoms. The van der Waals surface area contributed by atoms with Crippen LogP contribution in [0.25, 0.3) is 0 Å². The van der Waals surface area contributed by atoms with Crippen LogP contribution >= 0.6 is 11.6 Å². The summed E-state index contributed by atoms with van der Waals surface area (Å²) in [7, 11) is 1.56. The summed E-state index contributed by atoms with van der Waals surface area (Å²) in [6, 6.07) is 5.27. The number of carbonyl (C=O) groups excluding carboxylic acids is 1. The topological polar surface area (TPSA) is 38.3 Å². The lowest BCUT2D eigenvalue weighted by atomic mass is 9.91. The Morgan fingerprint density at radius 2 is 2.13 bits per heavy atom. The minimum Gasteiger partial charge on any atom is -0.496 e. The fourth-order valence-electron chi connectivity index (χ4n) is 3.69. The Morgan fingerprint density at radius 1 is 1.35 bits per heavy atom. The van der Waals surface area contributed by atoms with Crippen molar-refractivity contribution < 1.29 is 9.53 Å². The predicted octanol–water partition coefficient (Wildman–Crippen LogP) is 4.24. The molecule has 0 radical (unpaired) electrons. The first-order valence-corrected chi connectivity index (χ1v) is 8.30. The van der Waals surface area contributed by atoms with E-state index in [9.17, 15) is 4.79 Å². The van der Waals surface area contributed by atoms with E-state index in [1.54, 1.807) is 25.3 Å². The Morgan fingerprint density at radius 3 is 2.78 bits per heavy atom. The highest BCUT2D eigenvalue weighted by molar-refractivity contribution is 6.31. The summed E-state index contributed by atoms with van der Waals surface area (Å²) in [5, 5.41) is 3.70. The van der Waals surface area contributed by atoms with Crippen LogP contribution in [0, 0.1) is 17.3 Å². The number of methoxy groups -OCH3 is 1. The Labute approximate surface area is 142 Å². The zero-order valence-electron chi connectivity index (χ0n) is 13.7. The molecular weight excluding hydrogens is 310 g/mol. The zero-order valence-corrected chi connectivity index (χ0v) is 14.4. The van der Waals surface area contributed by atoms with E-state index in [0.717, 1.165) is 6.42 Å². The number of nitrogens with one attached hydrogen (secondary N) is 1. The number of allylic oxidation sites excluding steroid dienone is 4. The number of benzene rings is 1. The van der Waals surface area contributed by atoms with Crippen molar-refractivity contribution in [3.05, 3.63) is 53.1 Å². The summed E-state index contributed by atoms with van der Waals surface area (Å²) in [5.74, 6) is 1.36. The van der Waals surface area contributed by atoms with Crippen LogP contribution in [0.15, 0.2) is 42.5 Å². The second-order valence-electron chi connectivity index (χ2n) is 6.86. The lowest BCUT2D eigenvalue weighted by molar-refractivity contribution is 0.0941. The van der Waals surface area contributed by atoms with Crippen molar-refractivity contribution in [2.24, 2.45) is 17.3 Å². The summed E-state index contributed by atoms with van der Waals surface area (Å²) in [5.41, 5.74) is 0.585. The van der Waals surface area contributed by atoms with Gasteiger partial charge in [-0.25, -0.2) is 0 Å².